The molecular formula is C11H27N. The first kappa shape index (κ1) is 14.5. The molecule has 0 aromatic heterocycles. The van der Waals surface area contributed by atoms with Gasteiger partial charge >= 0.3 is 0 Å². The van der Waals surface area contributed by atoms with Gasteiger partial charge in [-0.25, -0.2) is 0 Å². The molecule has 1 atom stereocenters. The van der Waals surface area contributed by atoms with Crippen LogP contribution in [0.4, 0.5) is 0 Å². The molecule has 0 aromatic rings. The lowest BCUT2D eigenvalue weighted by Crippen LogP contribution is -2.26. The van der Waals surface area contributed by atoms with Crippen molar-refractivity contribution in [2.75, 3.05) is 14.1 Å². The average molecular weight is 173 g/mol. The molecule has 0 saturated carbocycles. The van der Waals surface area contributed by atoms with E-state index in [2.05, 4.69) is 46.7 Å². The predicted octanol–water partition coefficient (Wildman–Crippen LogP) is 3.54. The molecule has 12 heavy (non-hydrogen) atoms. The van der Waals surface area contributed by atoms with Crippen molar-refractivity contribution in [2.24, 2.45) is 0 Å². The molecule has 0 rings (SSSR count). The van der Waals surface area contributed by atoms with Crippen LogP contribution in [0.1, 0.15) is 53.4 Å². The van der Waals surface area contributed by atoms with E-state index >= 15 is 0 Å². The van der Waals surface area contributed by atoms with Crippen molar-refractivity contribution in [3.8, 4) is 0 Å². The van der Waals surface area contributed by atoms with Gasteiger partial charge in [0.05, 0.1) is 0 Å². The Morgan fingerprint density at radius 3 is 1.50 bits per heavy atom. The van der Waals surface area contributed by atoms with Crippen LogP contribution in [0.25, 0.3) is 0 Å². The largest absolute Gasteiger partial charge is 0.306 e. The minimum atomic E-state index is 0.801. The summed E-state index contributed by atoms with van der Waals surface area (Å²) in [6.45, 7) is 8.74. The van der Waals surface area contributed by atoms with E-state index in [-0.39, 0.29) is 0 Å². The highest BCUT2D eigenvalue weighted by molar-refractivity contribution is 4.61. The number of hydrogen-bond donors (Lipinski definition) is 0. The van der Waals surface area contributed by atoms with E-state index in [0.29, 0.717) is 0 Å². The van der Waals surface area contributed by atoms with Crippen LogP contribution < -0.4 is 0 Å². The Labute approximate surface area is 79.2 Å². The summed E-state index contributed by atoms with van der Waals surface area (Å²) in [7, 11) is 4.31. The molecule has 0 radical (unpaired) electrons. The fourth-order valence-electron chi connectivity index (χ4n) is 1.16. The molecule has 1 nitrogen and oxygen atoms in total. The maximum absolute atomic E-state index is 2.31. The molecule has 0 N–H and O–H groups in total. The van der Waals surface area contributed by atoms with E-state index in [4.69, 9.17) is 0 Å². The van der Waals surface area contributed by atoms with Gasteiger partial charge in [0.15, 0.2) is 0 Å². The van der Waals surface area contributed by atoms with Gasteiger partial charge in [-0.2, -0.15) is 0 Å². The Morgan fingerprint density at radius 2 is 1.42 bits per heavy atom. The van der Waals surface area contributed by atoms with Crippen molar-refractivity contribution in [2.45, 2.75) is 59.4 Å². The number of nitrogens with zero attached hydrogens (tertiary/aromatic N) is 1. The van der Waals surface area contributed by atoms with Crippen molar-refractivity contribution < 1.29 is 0 Å². The average Bonchev–Trinajstić information content (AvgIpc) is 2.01. The van der Waals surface area contributed by atoms with E-state index in [1.54, 1.807) is 0 Å². The summed E-state index contributed by atoms with van der Waals surface area (Å²) in [5, 5.41) is 0. The standard InChI is InChI=1S/C8H19N.C3H8/c1-5-7-8(6-2)9(3)4;1-3-2/h8H,5-7H2,1-4H3;3H2,1-2H3/t8-;/m0./s1. The maximum atomic E-state index is 2.31. The minimum absolute atomic E-state index is 0.801. The van der Waals surface area contributed by atoms with Gasteiger partial charge in [-0.3, -0.25) is 0 Å². The molecule has 76 valence electrons. The van der Waals surface area contributed by atoms with E-state index in [0.717, 1.165) is 6.04 Å². The van der Waals surface area contributed by atoms with Crippen molar-refractivity contribution in [3.05, 3.63) is 0 Å². The molecule has 0 unspecified atom stereocenters. The summed E-state index contributed by atoms with van der Waals surface area (Å²) in [5.41, 5.74) is 0. The molecule has 0 fully saturated rings. The third-order valence-electron chi connectivity index (χ3n) is 1.82. The van der Waals surface area contributed by atoms with Gasteiger partial charge in [-0.05, 0) is 26.9 Å². The van der Waals surface area contributed by atoms with Crippen molar-refractivity contribution in [3.63, 3.8) is 0 Å². The molecule has 0 aliphatic heterocycles. The summed E-state index contributed by atoms with van der Waals surface area (Å²) in [5.74, 6) is 0. The molecule has 0 saturated heterocycles. The van der Waals surface area contributed by atoms with Crippen LogP contribution in [0.5, 0.6) is 0 Å². The second kappa shape index (κ2) is 11.0. The summed E-state index contributed by atoms with van der Waals surface area (Å²) < 4.78 is 0. The summed E-state index contributed by atoms with van der Waals surface area (Å²) >= 11 is 0. The Balaban J connectivity index is 0. The predicted molar refractivity (Wildman–Crippen MR) is 58.6 cm³/mol. The molecule has 1 heteroatoms. The molecule has 0 aliphatic rings. The lowest BCUT2D eigenvalue weighted by Gasteiger charge is -2.21. The molecule has 0 amide bonds. The second-order valence-electron chi connectivity index (χ2n) is 3.52. The molecule has 0 aliphatic carbocycles. The third kappa shape index (κ3) is 9.96. The lowest BCUT2D eigenvalue weighted by atomic mass is 10.1. The highest BCUT2D eigenvalue weighted by atomic mass is 15.1. The zero-order chi connectivity index (χ0) is 9.98. The van der Waals surface area contributed by atoms with Crippen LogP contribution in [-0.2, 0) is 0 Å². The van der Waals surface area contributed by atoms with E-state index in [9.17, 15) is 0 Å². The zero-order valence-corrected chi connectivity index (χ0v) is 9.85. The van der Waals surface area contributed by atoms with E-state index in [1.165, 1.54) is 25.7 Å². The molecule has 0 heterocycles. The van der Waals surface area contributed by atoms with E-state index < -0.39 is 0 Å². The van der Waals surface area contributed by atoms with Crippen molar-refractivity contribution in [1.29, 1.82) is 0 Å². The zero-order valence-electron chi connectivity index (χ0n) is 9.85. The smallest absolute Gasteiger partial charge is 0.00864 e. The van der Waals surface area contributed by atoms with Crippen LogP contribution in [-0.4, -0.2) is 25.0 Å². The first-order valence-electron chi connectivity index (χ1n) is 5.30. The maximum Gasteiger partial charge on any atom is 0.00864 e. The SMILES string of the molecule is CCC.CCC[C@H](CC)N(C)C. The van der Waals surface area contributed by atoms with Gasteiger partial charge in [-0.1, -0.05) is 40.5 Å². The van der Waals surface area contributed by atoms with Gasteiger partial charge < -0.3 is 4.90 Å². The fourth-order valence-corrected chi connectivity index (χ4v) is 1.16. The summed E-state index contributed by atoms with van der Waals surface area (Å²) in [4.78, 5) is 2.31. The van der Waals surface area contributed by atoms with Crippen LogP contribution in [0.2, 0.25) is 0 Å². The van der Waals surface area contributed by atoms with Crippen molar-refractivity contribution in [1.82, 2.24) is 4.90 Å². The third-order valence-corrected chi connectivity index (χ3v) is 1.82. The molecule has 0 aromatic carbocycles. The number of rotatable bonds is 4. The van der Waals surface area contributed by atoms with E-state index in [1.807, 2.05) is 0 Å². The van der Waals surface area contributed by atoms with Gasteiger partial charge in [0.1, 0.15) is 0 Å². The quantitative estimate of drug-likeness (QED) is 0.628. The Hall–Kier alpha value is -0.0400. The highest BCUT2D eigenvalue weighted by Crippen LogP contribution is 2.05. The normalized spacial score (nSPS) is 12.2. The second-order valence-corrected chi connectivity index (χ2v) is 3.52. The first-order chi connectivity index (χ1) is 5.63. The molecule has 0 bridgehead atoms. The fraction of sp³-hybridized carbons (Fsp3) is 1.00. The summed E-state index contributed by atoms with van der Waals surface area (Å²) in [6, 6.07) is 0.801. The summed E-state index contributed by atoms with van der Waals surface area (Å²) in [6.07, 6.45) is 5.17. The van der Waals surface area contributed by atoms with Crippen LogP contribution in [0.3, 0.4) is 0 Å². The van der Waals surface area contributed by atoms with Gasteiger partial charge in [0.25, 0.3) is 0 Å². The molecular weight excluding hydrogens is 146 g/mol. The Kier molecular flexibility index (Phi) is 13.2. The first-order valence-corrected chi connectivity index (χ1v) is 5.30. The van der Waals surface area contributed by atoms with Gasteiger partial charge in [0, 0.05) is 6.04 Å². The van der Waals surface area contributed by atoms with Crippen LogP contribution >= 0.6 is 0 Å². The topological polar surface area (TPSA) is 3.24 Å². The number of hydrogen-bond acceptors (Lipinski definition) is 1. The van der Waals surface area contributed by atoms with Crippen LogP contribution in [0, 0.1) is 0 Å². The Morgan fingerprint density at radius 1 is 1.00 bits per heavy atom. The Bertz CT molecular complexity index is 69.4. The van der Waals surface area contributed by atoms with Crippen LogP contribution in [0.15, 0.2) is 0 Å². The highest BCUT2D eigenvalue weighted by Gasteiger charge is 2.05. The minimum Gasteiger partial charge on any atom is -0.306 e. The lowest BCUT2D eigenvalue weighted by molar-refractivity contribution is 0.269. The van der Waals surface area contributed by atoms with Crippen molar-refractivity contribution >= 4 is 0 Å². The van der Waals surface area contributed by atoms with Gasteiger partial charge in [0.2, 0.25) is 0 Å². The monoisotopic (exact) mass is 173 g/mol. The molecule has 0 spiro atoms. The van der Waals surface area contributed by atoms with Gasteiger partial charge in [-0.15, -0.1) is 0 Å².